The van der Waals surface area contributed by atoms with E-state index < -0.39 is 0 Å². The van der Waals surface area contributed by atoms with E-state index in [1.54, 1.807) is 17.5 Å². The summed E-state index contributed by atoms with van der Waals surface area (Å²) in [5, 5.41) is 12.1. The van der Waals surface area contributed by atoms with Crippen molar-refractivity contribution < 1.29 is 4.79 Å². The van der Waals surface area contributed by atoms with Gasteiger partial charge in [-0.25, -0.2) is 9.67 Å². The van der Waals surface area contributed by atoms with Crippen molar-refractivity contribution in [1.29, 1.82) is 0 Å². The summed E-state index contributed by atoms with van der Waals surface area (Å²) in [4.78, 5) is 30.9. The third-order valence-corrected chi connectivity index (χ3v) is 7.60. The summed E-state index contributed by atoms with van der Waals surface area (Å²) in [6.07, 6.45) is 3.86. The van der Waals surface area contributed by atoms with Gasteiger partial charge in [0.1, 0.15) is 5.82 Å². The van der Waals surface area contributed by atoms with Crippen LogP contribution in [0.4, 0.5) is 5.82 Å². The van der Waals surface area contributed by atoms with Crippen molar-refractivity contribution in [2.24, 2.45) is 0 Å². The number of thiazole rings is 1. The normalized spacial score (nSPS) is 14.0. The molecule has 0 atom stereocenters. The van der Waals surface area contributed by atoms with E-state index in [0.717, 1.165) is 47.8 Å². The molecule has 194 valence electrons. The lowest BCUT2D eigenvalue weighted by molar-refractivity contribution is 0.0746. The summed E-state index contributed by atoms with van der Waals surface area (Å²) in [6.45, 7) is 9.02. The van der Waals surface area contributed by atoms with Crippen molar-refractivity contribution in [2.45, 2.75) is 39.8 Å². The Labute approximate surface area is 225 Å². The fourth-order valence-electron chi connectivity index (χ4n) is 4.51. The van der Waals surface area contributed by atoms with Crippen LogP contribution in [0.5, 0.6) is 0 Å². The number of rotatable bonds is 9. The number of aromatic nitrogens is 5. The van der Waals surface area contributed by atoms with Crippen LogP contribution in [0.1, 0.15) is 46.9 Å². The van der Waals surface area contributed by atoms with E-state index in [1.165, 1.54) is 5.56 Å². The van der Waals surface area contributed by atoms with Crippen molar-refractivity contribution in [3.05, 3.63) is 63.0 Å². The van der Waals surface area contributed by atoms with Crippen LogP contribution in [0.3, 0.4) is 0 Å². The molecule has 1 aliphatic heterocycles. The fraction of sp³-hybridized carbons (Fsp3) is 0.423. The molecule has 1 N–H and O–H groups in total. The number of amides is 1. The second-order valence-corrected chi connectivity index (χ2v) is 10.4. The third-order valence-electron chi connectivity index (χ3n) is 6.47. The number of carbonyl (C=O) groups is 1. The predicted molar refractivity (Wildman–Crippen MR) is 147 cm³/mol. The molecule has 5 rings (SSSR count). The molecule has 0 aliphatic carbocycles. The van der Waals surface area contributed by atoms with Gasteiger partial charge in [0.2, 0.25) is 5.28 Å². The number of benzene rings is 1. The van der Waals surface area contributed by atoms with Crippen LogP contribution < -0.4 is 10.2 Å². The zero-order chi connectivity index (χ0) is 25.8. The zero-order valence-electron chi connectivity index (χ0n) is 21.2. The maximum Gasteiger partial charge on any atom is 0.253 e. The van der Waals surface area contributed by atoms with Crippen molar-refractivity contribution >= 4 is 45.7 Å². The van der Waals surface area contributed by atoms with Crippen LogP contribution in [0, 0.1) is 0 Å². The van der Waals surface area contributed by atoms with Gasteiger partial charge in [0.15, 0.2) is 5.65 Å². The van der Waals surface area contributed by atoms with E-state index in [4.69, 9.17) is 16.6 Å². The number of aryl methyl sites for hydroxylation is 1. The molecule has 4 aromatic rings. The highest BCUT2D eigenvalue weighted by atomic mass is 35.5. The highest BCUT2D eigenvalue weighted by Crippen LogP contribution is 2.27. The number of carbonyl (C=O) groups excluding carboxylic acids is 1. The first-order valence-electron chi connectivity index (χ1n) is 12.7. The van der Waals surface area contributed by atoms with Gasteiger partial charge >= 0.3 is 0 Å². The molecule has 1 amide bonds. The molecule has 0 saturated carbocycles. The molecular weight excluding hydrogens is 508 g/mol. The number of nitrogens with one attached hydrogen (secondary N) is 1. The standard InChI is InChI=1S/C26H31ClN8OS/c1-3-5-22-30-20(17-37-22)16-35-24-21(15-29-35)23(31-26(27)32-24)33-10-12-34(13-11-33)25(36)19-8-6-18(7-9-19)14-28-4-2/h6-9,15,17,28H,3-5,10-14,16H2,1-2H3. The molecule has 1 aromatic carbocycles. The molecule has 4 heterocycles. The summed E-state index contributed by atoms with van der Waals surface area (Å²) in [5.41, 5.74) is 3.55. The number of hydrogen-bond acceptors (Lipinski definition) is 8. The van der Waals surface area contributed by atoms with Crippen LogP contribution in [-0.2, 0) is 19.5 Å². The molecule has 9 nitrogen and oxygen atoms in total. The molecule has 3 aromatic heterocycles. The van der Waals surface area contributed by atoms with Crippen molar-refractivity contribution in [3.63, 3.8) is 0 Å². The van der Waals surface area contributed by atoms with Crippen molar-refractivity contribution in [3.8, 4) is 0 Å². The number of nitrogens with zero attached hydrogens (tertiary/aromatic N) is 7. The first kappa shape index (κ1) is 25.6. The minimum atomic E-state index is 0.0547. The van der Waals surface area contributed by atoms with E-state index in [-0.39, 0.29) is 11.2 Å². The first-order valence-corrected chi connectivity index (χ1v) is 14.0. The van der Waals surface area contributed by atoms with Gasteiger partial charge in [-0.3, -0.25) is 4.79 Å². The monoisotopic (exact) mass is 538 g/mol. The molecule has 0 unspecified atom stereocenters. The summed E-state index contributed by atoms with van der Waals surface area (Å²) in [7, 11) is 0. The van der Waals surface area contributed by atoms with E-state index in [9.17, 15) is 4.79 Å². The maximum atomic E-state index is 13.1. The number of piperazine rings is 1. The van der Waals surface area contributed by atoms with Gasteiger partial charge in [0, 0.05) is 43.7 Å². The molecule has 1 aliphatic rings. The number of fused-ring (bicyclic) bond motifs is 1. The molecule has 11 heteroatoms. The predicted octanol–water partition coefficient (Wildman–Crippen LogP) is 4.01. The summed E-state index contributed by atoms with van der Waals surface area (Å²) < 4.78 is 1.83. The smallest absolute Gasteiger partial charge is 0.253 e. The molecule has 1 fully saturated rings. The second-order valence-electron chi connectivity index (χ2n) is 9.09. The average Bonchev–Trinajstić information content (AvgIpc) is 3.54. The maximum absolute atomic E-state index is 13.1. The fourth-order valence-corrected chi connectivity index (χ4v) is 5.56. The van der Waals surface area contributed by atoms with E-state index >= 15 is 0 Å². The minimum Gasteiger partial charge on any atom is -0.352 e. The van der Waals surface area contributed by atoms with Crippen LogP contribution in [-0.4, -0.2) is 68.3 Å². The number of anilines is 1. The van der Waals surface area contributed by atoms with Gasteiger partial charge in [-0.2, -0.15) is 15.1 Å². The Hall–Kier alpha value is -3.08. The molecule has 37 heavy (non-hydrogen) atoms. The van der Waals surface area contributed by atoms with E-state index in [2.05, 4.69) is 44.5 Å². The largest absolute Gasteiger partial charge is 0.352 e. The Bertz CT molecular complexity index is 1360. The van der Waals surface area contributed by atoms with Crippen LogP contribution in [0.25, 0.3) is 11.0 Å². The molecule has 1 saturated heterocycles. The first-order chi connectivity index (χ1) is 18.1. The van der Waals surface area contributed by atoms with Gasteiger partial charge < -0.3 is 15.1 Å². The topological polar surface area (TPSA) is 92.1 Å². The molecule has 0 radical (unpaired) electrons. The van der Waals surface area contributed by atoms with Gasteiger partial charge in [-0.05, 0) is 48.7 Å². The lowest BCUT2D eigenvalue weighted by atomic mass is 10.1. The van der Waals surface area contributed by atoms with Crippen molar-refractivity contribution in [1.82, 2.24) is 34.9 Å². The second kappa shape index (κ2) is 11.5. The van der Waals surface area contributed by atoms with Gasteiger partial charge in [0.05, 0.1) is 28.8 Å². The van der Waals surface area contributed by atoms with Crippen LogP contribution >= 0.6 is 22.9 Å². The SMILES string of the molecule is CCCc1nc(Cn2ncc3c(N4CCN(C(=O)c5ccc(CNCC)cc5)CC4)nc(Cl)nc32)cs1. The van der Waals surface area contributed by atoms with E-state index in [1.807, 2.05) is 33.8 Å². The van der Waals surface area contributed by atoms with Gasteiger partial charge in [0.25, 0.3) is 5.91 Å². The Morgan fingerprint density at radius 1 is 1.08 bits per heavy atom. The third kappa shape index (κ3) is 5.76. The summed E-state index contributed by atoms with van der Waals surface area (Å²) in [5.74, 6) is 0.810. The lowest BCUT2D eigenvalue weighted by Gasteiger charge is -2.35. The Balaban J connectivity index is 1.27. The Morgan fingerprint density at radius 3 is 2.59 bits per heavy atom. The highest BCUT2D eigenvalue weighted by Gasteiger charge is 2.25. The van der Waals surface area contributed by atoms with Crippen LogP contribution in [0.15, 0.2) is 35.8 Å². The quantitative estimate of drug-likeness (QED) is 0.322. The molecule has 0 spiro atoms. The van der Waals surface area contributed by atoms with Gasteiger partial charge in [-0.15, -0.1) is 11.3 Å². The summed E-state index contributed by atoms with van der Waals surface area (Å²) in [6, 6.07) is 7.85. The van der Waals surface area contributed by atoms with Crippen molar-refractivity contribution in [2.75, 3.05) is 37.6 Å². The average molecular weight is 539 g/mol. The zero-order valence-corrected chi connectivity index (χ0v) is 22.7. The minimum absolute atomic E-state index is 0.0547. The Morgan fingerprint density at radius 2 is 1.86 bits per heavy atom. The van der Waals surface area contributed by atoms with Crippen LogP contribution in [0.2, 0.25) is 5.28 Å². The van der Waals surface area contributed by atoms with E-state index in [0.29, 0.717) is 43.9 Å². The lowest BCUT2D eigenvalue weighted by Crippen LogP contribution is -2.49. The molecule has 0 bridgehead atoms. The highest BCUT2D eigenvalue weighted by molar-refractivity contribution is 7.09. The molecular formula is C26H31ClN8OS. The summed E-state index contributed by atoms with van der Waals surface area (Å²) >= 11 is 8.03. The number of hydrogen-bond donors (Lipinski definition) is 1. The van der Waals surface area contributed by atoms with Gasteiger partial charge in [-0.1, -0.05) is 26.0 Å². The Kier molecular flexibility index (Phi) is 7.97. The number of halogens is 1.